The minimum atomic E-state index is -0.261. The first-order chi connectivity index (χ1) is 8.16. The maximum Gasteiger partial charge on any atom is 0.189 e. The third-order valence-corrected chi connectivity index (χ3v) is 3.43. The Kier molecular flexibility index (Phi) is 3.64. The van der Waals surface area contributed by atoms with Crippen molar-refractivity contribution in [2.24, 2.45) is 7.05 Å². The molecule has 0 radical (unpaired) electrons. The van der Waals surface area contributed by atoms with Gasteiger partial charge in [-0.3, -0.25) is 4.79 Å². The SMILES string of the molecule is Cn1cccc1C(=O)CSc1ccc(F)cc1. The first-order valence-corrected chi connectivity index (χ1v) is 6.18. The first-order valence-electron chi connectivity index (χ1n) is 5.20. The maximum atomic E-state index is 12.7. The molecule has 0 fully saturated rings. The number of Topliss-reactive ketones (excluding diaryl/α,β-unsaturated/α-hetero) is 1. The Morgan fingerprint density at radius 2 is 2.00 bits per heavy atom. The molecular formula is C13H12FNOS. The van der Waals surface area contributed by atoms with Crippen LogP contribution in [0.1, 0.15) is 10.5 Å². The average molecular weight is 249 g/mol. The van der Waals surface area contributed by atoms with Gasteiger partial charge in [0.15, 0.2) is 5.78 Å². The van der Waals surface area contributed by atoms with E-state index in [9.17, 15) is 9.18 Å². The second-order valence-corrected chi connectivity index (χ2v) is 4.72. The Balaban J connectivity index is 1.97. The molecule has 0 aliphatic rings. The van der Waals surface area contributed by atoms with Gasteiger partial charge in [0.05, 0.1) is 11.4 Å². The fourth-order valence-electron chi connectivity index (χ4n) is 1.50. The van der Waals surface area contributed by atoms with Gasteiger partial charge >= 0.3 is 0 Å². The molecule has 0 N–H and O–H groups in total. The first kappa shape index (κ1) is 11.9. The van der Waals surface area contributed by atoms with Crippen LogP contribution in [0, 0.1) is 5.82 Å². The van der Waals surface area contributed by atoms with E-state index in [-0.39, 0.29) is 11.6 Å². The summed E-state index contributed by atoms with van der Waals surface area (Å²) in [6.07, 6.45) is 1.84. The molecule has 2 nitrogen and oxygen atoms in total. The van der Waals surface area contributed by atoms with E-state index in [2.05, 4.69) is 0 Å². The lowest BCUT2D eigenvalue weighted by molar-refractivity contribution is 0.101. The molecule has 1 heterocycles. The lowest BCUT2D eigenvalue weighted by Gasteiger charge is -2.03. The van der Waals surface area contributed by atoms with Gasteiger partial charge in [0.2, 0.25) is 0 Å². The Labute approximate surface area is 103 Å². The number of aryl methyl sites for hydroxylation is 1. The van der Waals surface area contributed by atoms with Crippen LogP contribution >= 0.6 is 11.8 Å². The highest BCUT2D eigenvalue weighted by Gasteiger charge is 2.09. The fourth-order valence-corrected chi connectivity index (χ4v) is 2.28. The number of nitrogens with zero attached hydrogens (tertiary/aromatic N) is 1. The molecule has 1 aromatic carbocycles. The summed E-state index contributed by atoms with van der Waals surface area (Å²) < 4.78 is 14.5. The van der Waals surface area contributed by atoms with E-state index >= 15 is 0 Å². The minimum absolute atomic E-state index is 0.0758. The van der Waals surface area contributed by atoms with E-state index in [4.69, 9.17) is 0 Å². The fraction of sp³-hybridized carbons (Fsp3) is 0.154. The highest BCUT2D eigenvalue weighted by molar-refractivity contribution is 8.00. The molecule has 0 saturated heterocycles. The van der Waals surface area contributed by atoms with Gasteiger partial charge in [-0.25, -0.2) is 4.39 Å². The Hall–Kier alpha value is -1.55. The van der Waals surface area contributed by atoms with Crippen LogP contribution in [0.4, 0.5) is 4.39 Å². The number of hydrogen-bond acceptors (Lipinski definition) is 2. The smallest absolute Gasteiger partial charge is 0.189 e. The van der Waals surface area contributed by atoms with Crippen molar-refractivity contribution in [2.45, 2.75) is 4.90 Å². The van der Waals surface area contributed by atoms with Crippen molar-refractivity contribution < 1.29 is 9.18 Å². The summed E-state index contributed by atoms with van der Waals surface area (Å²) in [5.41, 5.74) is 0.694. The molecule has 88 valence electrons. The quantitative estimate of drug-likeness (QED) is 0.613. The highest BCUT2D eigenvalue weighted by Crippen LogP contribution is 2.19. The number of aromatic nitrogens is 1. The predicted octanol–water partition coefficient (Wildman–Crippen LogP) is 3.14. The standard InChI is InChI=1S/C13H12FNOS/c1-15-8-2-3-12(15)13(16)9-17-11-6-4-10(14)5-7-11/h2-8H,9H2,1H3. The summed E-state index contributed by atoms with van der Waals surface area (Å²) in [4.78, 5) is 12.7. The molecule has 2 aromatic rings. The van der Waals surface area contributed by atoms with Crippen LogP contribution in [-0.4, -0.2) is 16.1 Å². The van der Waals surface area contributed by atoms with Gasteiger partial charge < -0.3 is 4.57 Å². The van der Waals surface area contributed by atoms with Crippen molar-refractivity contribution in [2.75, 3.05) is 5.75 Å². The molecule has 0 unspecified atom stereocenters. The molecule has 0 aliphatic carbocycles. The van der Waals surface area contributed by atoms with Crippen LogP contribution in [0.3, 0.4) is 0 Å². The van der Waals surface area contributed by atoms with E-state index in [0.717, 1.165) is 4.90 Å². The average Bonchev–Trinajstić information content (AvgIpc) is 2.74. The summed E-state index contributed by atoms with van der Waals surface area (Å²) in [6.45, 7) is 0. The van der Waals surface area contributed by atoms with Crippen LogP contribution in [0.2, 0.25) is 0 Å². The maximum absolute atomic E-state index is 12.7. The van der Waals surface area contributed by atoms with Crippen molar-refractivity contribution in [1.29, 1.82) is 0 Å². The Morgan fingerprint density at radius 3 is 2.59 bits per heavy atom. The van der Waals surface area contributed by atoms with E-state index in [1.807, 2.05) is 19.3 Å². The third kappa shape index (κ3) is 2.97. The van der Waals surface area contributed by atoms with Crippen LogP contribution in [-0.2, 0) is 7.05 Å². The zero-order valence-corrected chi connectivity index (χ0v) is 10.2. The lowest BCUT2D eigenvalue weighted by Crippen LogP contribution is -2.07. The Morgan fingerprint density at radius 1 is 1.29 bits per heavy atom. The largest absolute Gasteiger partial charge is 0.348 e. The molecule has 4 heteroatoms. The molecule has 0 saturated carbocycles. The monoisotopic (exact) mass is 249 g/mol. The van der Waals surface area contributed by atoms with Gasteiger partial charge in [0.1, 0.15) is 5.82 Å². The van der Waals surface area contributed by atoms with Crippen LogP contribution in [0.15, 0.2) is 47.5 Å². The van der Waals surface area contributed by atoms with Gasteiger partial charge in [-0.05, 0) is 36.4 Å². The molecule has 0 amide bonds. The number of hydrogen-bond donors (Lipinski definition) is 0. The minimum Gasteiger partial charge on any atom is -0.348 e. The summed E-state index contributed by atoms with van der Waals surface area (Å²) in [5.74, 6) is 0.179. The summed E-state index contributed by atoms with van der Waals surface area (Å²) >= 11 is 1.41. The number of halogens is 1. The van der Waals surface area contributed by atoms with Crippen molar-refractivity contribution in [3.63, 3.8) is 0 Å². The third-order valence-electron chi connectivity index (χ3n) is 2.41. The van der Waals surface area contributed by atoms with E-state index in [1.165, 1.54) is 23.9 Å². The van der Waals surface area contributed by atoms with Crippen LogP contribution < -0.4 is 0 Å². The number of rotatable bonds is 4. The molecule has 1 aromatic heterocycles. The topological polar surface area (TPSA) is 22.0 Å². The molecule has 0 spiro atoms. The summed E-state index contributed by atoms with van der Waals surface area (Å²) in [6, 6.07) is 9.80. The van der Waals surface area contributed by atoms with Crippen molar-refractivity contribution >= 4 is 17.5 Å². The van der Waals surface area contributed by atoms with Gasteiger partial charge in [-0.1, -0.05) is 0 Å². The highest BCUT2D eigenvalue weighted by atomic mass is 32.2. The van der Waals surface area contributed by atoms with Crippen molar-refractivity contribution in [3.05, 3.63) is 54.1 Å². The van der Waals surface area contributed by atoms with Crippen molar-refractivity contribution in [3.8, 4) is 0 Å². The second kappa shape index (κ2) is 5.19. The van der Waals surface area contributed by atoms with E-state index in [0.29, 0.717) is 11.4 Å². The number of carbonyl (C=O) groups excluding carboxylic acids is 1. The van der Waals surface area contributed by atoms with Gasteiger partial charge in [0, 0.05) is 18.1 Å². The molecule has 0 bridgehead atoms. The van der Waals surface area contributed by atoms with Gasteiger partial charge in [0.25, 0.3) is 0 Å². The molecule has 0 aliphatic heterocycles. The van der Waals surface area contributed by atoms with E-state index in [1.54, 1.807) is 22.8 Å². The zero-order valence-electron chi connectivity index (χ0n) is 9.39. The summed E-state index contributed by atoms with van der Waals surface area (Å²) in [7, 11) is 1.84. The van der Waals surface area contributed by atoms with Gasteiger partial charge in [-0.15, -0.1) is 11.8 Å². The van der Waals surface area contributed by atoms with Crippen molar-refractivity contribution in [1.82, 2.24) is 4.57 Å². The predicted molar refractivity (Wildman–Crippen MR) is 66.9 cm³/mol. The Bertz CT molecular complexity index is 518. The van der Waals surface area contributed by atoms with E-state index < -0.39 is 0 Å². The van der Waals surface area contributed by atoms with Gasteiger partial charge in [-0.2, -0.15) is 0 Å². The zero-order chi connectivity index (χ0) is 12.3. The molecule has 2 rings (SSSR count). The molecular weight excluding hydrogens is 237 g/mol. The number of benzene rings is 1. The molecule has 0 atom stereocenters. The number of thioether (sulfide) groups is 1. The number of carbonyl (C=O) groups is 1. The lowest BCUT2D eigenvalue weighted by atomic mass is 10.3. The van der Waals surface area contributed by atoms with Crippen LogP contribution in [0.5, 0.6) is 0 Å². The van der Waals surface area contributed by atoms with Crippen LogP contribution in [0.25, 0.3) is 0 Å². The second-order valence-electron chi connectivity index (χ2n) is 3.67. The molecule has 17 heavy (non-hydrogen) atoms. The summed E-state index contributed by atoms with van der Waals surface area (Å²) in [5, 5.41) is 0. The number of ketones is 1. The normalized spacial score (nSPS) is 10.5.